The van der Waals surface area contributed by atoms with Crippen molar-refractivity contribution in [3.63, 3.8) is 0 Å². The highest BCUT2D eigenvalue weighted by Gasteiger charge is 2.14. The quantitative estimate of drug-likeness (QED) is 0.146. The molecule has 180 valence electrons. The molecule has 2 N–H and O–H groups in total. The minimum Gasteiger partial charge on any atom is -0.369 e. The van der Waals surface area contributed by atoms with Gasteiger partial charge in [-0.05, 0) is 12.8 Å². The Labute approximate surface area is 190 Å². The van der Waals surface area contributed by atoms with Crippen molar-refractivity contribution in [2.45, 2.75) is 168 Å². The largest absolute Gasteiger partial charge is 0.369 e. The second-order valence-electron chi connectivity index (χ2n) is 9.75. The van der Waals surface area contributed by atoms with E-state index in [9.17, 15) is 4.79 Å². The Balaban J connectivity index is 3.43. The first-order valence-electron chi connectivity index (χ1n) is 14.0. The Hall–Kier alpha value is -0.530. The minimum absolute atomic E-state index is 0.0610. The number of nitrogens with two attached hydrogens (primary N) is 1. The van der Waals surface area contributed by atoms with Crippen LogP contribution in [-0.4, -0.2) is 5.91 Å². The van der Waals surface area contributed by atoms with E-state index in [2.05, 4.69) is 13.8 Å². The molecule has 0 spiro atoms. The van der Waals surface area contributed by atoms with E-state index >= 15 is 0 Å². The van der Waals surface area contributed by atoms with Crippen molar-refractivity contribution < 1.29 is 4.79 Å². The van der Waals surface area contributed by atoms with Crippen LogP contribution in [0.1, 0.15) is 168 Å². The summed E-state index contributed by atoms with van der Waals surface area (Å²) in [6.45, 7) is 4.56. The maximum absolute atomic E-state index is 11.7. The minimum atomic E-state index is -0.0610. The lowest BCUT2D eigenvalue weighted by Crippen LogP contribution is -2.23. The highest BCUT2D eigenvalue weighted by atomic mass is 16.1. The zero-order valence-electron chi connectivity index (χ0n) is 21.0. The number of rotatable bonds is 25. The molecule has 0 unspecified atom stereocenters. The molecule has 0 saturated carbocycles. The zero-order chi connectivity index (χ0) is 22.1. The summed E-state index contributed by atoms with van der Waals surface area (Å²) in [7, 11) is 0. The summed E-state index contributed by atoms with van der Waals surface area (Å²) in [4.78, 5) is 11.7. The smallest absolute Gasteiger partial charge is 0.220 e. The van der Waals surface area contributed by atoms with Gasteiger partial charge in [-0.15, -0.1) is 0 Å². The summed E-state index contributed by atoms with van der Waals surface area (Å²) in [5.74, 6) is 0.0660. The summed E-state index contributed by atoms with van der Waals surface area (Å²) in [6, 6.07) is 0. The van der Waals surface area contributed by atoms with E-state index in [1.807, 2.05) is 0 Å². The van der Waals surface area contributed by atoms with Gasteiger partial charge in [-0.2, -0.15) is 0 Å². The second-order valence-corrected chi connectivity index (χ2v) is 9.75. The molecule has 2 nitrogen and oxygen atoms in total. The van der Waals surface area contributed by atoms with Crippen molar-refractivity contribution in [2.75, 3.05) is 0 Å². The van der Waals surface area contributed by atoms with Crippen molar-refractivity contribution in [1.82, 2.24) is 0 Å². The Kier molecular flexibility index (Phi) is 24.3. The zero-order valence-corrected chi connectivity index (χ0v) is 21.0. The van der Waals surface area contributed by atoms with Crippen LogP contribution in [0.5, 0.6) is 0 Å². The molecule has 1 amide bonds. The molecule has 2 heteroatoms. The molecule has 0 aliphatic heterocycles. The SMILES string of the molecule is CCCCCCCCCCCCCC(CCCCCCCCCCCCC)C(N)=O. The molecule has 0 aliphatic carbocycles. The molecule has 0 rings (SSSR count). The van der Waals surface area contributed by atoms with Crippen LogP contribution in [0.2, 0.25) is 0 Å². The van der Waals surface area contributed by atoms with Crippen LogP contribution in [0.25, 0.3) is 0 Å². The van der Waals surface area contributed by atoms with Crippen LogP contribution >= 0.6 is 0 Å². The molecule has 0 fully saturated rings. The van der Waals surface area contributed by atoms with Crippen molar-refractivity contribution in [3.05, 3.63) is 0 Å². The van der Waals surface area contributed by atoms with E-state index in [-0.39, 0.29) is 11.8 Å². The van der Waals surface area contributed by atoms with Crippen molar-refractivity contribution in [1.29, 1.82) is 0 Å². The lowest BCUT2D eigenvalue weighted by Gasteiger charge is -2.13. The van der Waals surface area contributed by atoms with Gasteiger partial charge in [-0.3, -0.25) is 4.79 Å². The third-order valence-corrected chi connectivity index (χ3v) is 6.71. The Bertz CT molecular complexity index is 316. The van der Waals surface area contributed by atoms with E-state index in [4.69, 9.17) is 5.73 Å². The Morgan fingerprint density at radius 3 is 0.933 bits per heavy atom. The summed E-state index contributed by atoms with van der Waals surface area (Å²) < 4.78 is 0. The number of carbonyl (C=O) groups excluding carboxylic acids is 1. The molecule has 0 aromatic heterocycles. The monoisotopic (exact) mass is 423 g/mol. The maximum atomic E-state index is 11.7. The third kappa shape index (κ3) is 22.2. The van der Waals surface area contributed by atoms with E-state index in [1.54, 1.807) is 0 Å². The molecule has 0 heterocycles. The lowest BCUT2D eigenvalue weighted by atomic mass is 9.93. The van der Waals surface area contributed by atoms with E-state index in [0.717, 1.165) is 12.8 Å². The average molecular weight is 424 g/mol. The Morgan fingerprint density at radius 1 is 0.467 bits per heavy atom. The van der Waals surface area contributed by atoms with Crippen LogP contribution < -0.4 is 5.73 Å². The number of amides is 1. The van der Waals surface area contributed by atoms with Crippen LogP contribution in [0, 0.1) is 5.92 Å². The topological polar surface area (TPSA) is 43.1 Å². The van der Waals surface area contributed by atoms with E-state index < -0.39 is 0 Å². The second kappa shape index (κ2) is 24.7. The number of hydrogen-bond acceptors (Lipinski definition) is 1. The first kappa shape index (κ1) is 29.5. The summed E-state index contributed by atoms with van der Waals surface area (Å²) in [5, 5.41) is 0. The van der Waals surface area contributed by atoms with Crippen LogP contribution in [0.15, 0.2) is 0 Å². The number of unbranched alkanes of at least 4 members (excludes halogenated alkanes) is 20. The average Bonchev–Trinajstić information content (AvgIpc) is 2.74. The fourth-order valence-corrected chi connectivity index (χ4v) is 4.54. The molecule has 0 bridgehead atoms. The number of carbonyl (C=O) groups is 1. The van der Waals surface area contributed by atoms with Gasteiger partial charge in [0.2, 0.25) is 5.91 Å². The molecule has 30 heavy (non-hydrogen) atoms. The predicted molar refractivity (Wildman–Crippen MR) is 135 cm³/mol. The van der Waals surface area contributed by atoms with E-state index in [0.29, 0.717) is 0 Å². The van der Waals surface area contributed by atoms with Gasteiger partial charge in [0, 0.05) is 5.92 Å². The van der Waals surface area contributed by atoms with Gasteiger partial charge < -0.3 is 5.73 Å². The van der Waals surface area contributed by atoms with E-state index in [1.165, 1.54) is 141 Å². The Morgan fingerprint density at radius 2 is 0.700 bits per heavy atom. The summed E-state index contributed by atoms with van der Waals surface area (Å²) in [5.41, 5.74) is 5.66. The molecular formula is C28H57NO. The lowest BCUT2D eigenvalue weighted by molar-refractivity contribution is -0.122. The van der Waals surface area contributed by atoms with Gasteiger partial charge in [0.25, 0.3) is 0 Å². The van der Waals surface area contributed by atoms with Gasteiger partial charge in [0.05, 0.1) is 0 Å². The molecular weight excluding hydrogens is 366 g/mol. The molecule has 0 radical (unpaired) electrons. The fraction of sp³-hybridized carbons (Fsp3) is 0.964. The number of primary amides is 1. The molecule has 0 aromatic rings. The summed E-state index contributed by atoms with van der Waals surface area (Å²) >= 11 is 0. The standard InChI is InChI=1S/C28H57NO/c1-3-5-7-9-11-13-15-17-19-21-23-25-27(28(29)30)26-24-22-20-18-16-14-12-10-8-6-4-2/h27H,3-26H2,1-2H3,(H2,29,30). The van der Waals surface area contributed by atoms with Crippen LogP contribution in [-0.2, 0) is 4.79 Å². The van der Waals surface area contributed by atoms with Crippen LogP contribution in [0.3, 0.4) is 0 Å². The summed E-state index contributed by atoms with van der Waals surface area (Å²) in [6.07, 6.45) is 32.0. The number of hydrogen-bond donors (Lipinski definition) is 1. The first-order chi connectivity index (χ1) is 14.7. The first-order valence-corrected chi connectivity index (χ1v) is 14.0. The fourth-order valence-electron chi connectivity index (χ4n) is 4.54. The third-order valence-electron chi connectivity index (χ3n) is 6.71. The molecule has 0 atom stereocenters. The van der Waals surface area contributed by atoms with Crippen LogP contribution in [0.4, 0.5) is 0 Å². The predicted octanol–water partition coefficient (Wildman–Crippen LogP) is 9.49. The van der Waals surface area contributed by atoms with Crippen molar-refractivity contribution in [2.24, 2.45) is 11.7 Å². The molecule has 0 saturated heterocycles. The van der Waals surface area contributed by atoms with Gasteiger partial charge >= 0.3 is 0 Å². The van der Waals surface area contributed by atoms with Gasteiger partial charge in [0.15, 0.2) is 0 Å². The molecule has 0 aliphatic rings. The highest BCUT2D eigenvalue weighted by Crippen LogP contribution is 2.19. The van der Waals surface area contributed by atoms with Crippen molar-refractivity contribution >= 4 is 5.91 Å². The van der Waals surface area contributed by atoms with Crippen molar-refractivity contribution in [3.8, 4) is 0 Å². The normalized spacial score (nSPS) is 11.4. The molecule has 0 aromatic carbocycles. The van der Waals surface area contributed by atoms with Gasteiger partial charge in [-0.25, -0.2) is 0 Å². The van der Waals surface area contributed by atoms with Gasteiger partial charge in [0.1, 0.15) is 0 Å². The van der Waals surface area contributed by atoms with Gasteiger partial charge in [-0.1, -0.05) is 155 Å². The highest BCUT2D eigenvalue weighted by molar-refractivity contribution is 5.76. The maximum Gasteiger partial charge on any atom is 0.220 e.